The number of allylic oxidation sites excluding steroid dienone is 2. The minimum absolute atomic E-state index is 0.976. The lowest BCUT2D eigenvalue weighted by Gasteiger charge is -2.28. The van der Waals surface area contributed by atoms with Gasteiger partial charge < -0.3 is 0 Å². The van der Waals surface area contributed by atoms with Gasteiger partial charge in [-0.15, -0.1) is 0 Å². The molecule has 0 N–H and O–H groups in total. The molecule has 0 fully saturated rings. The lowest BCUT2D eigenvalue weighted by molar-refractivity contribution is 1.59. The monoisotopic (exact) mass is 578 g/mol. The molecule has 6 aromatic rings. The molecule has 6 aromatic carbocycles. The van der Waals surface area contributed by atoms with Crippen LogP contribution in [0.1, 0.15) is 0 Å². The third-order valence-corrected chi connectivity index (χ3v) is 16.7. The highest BCUT2D eigenvalue weighted by molar-refractivity contribution is 7.96. The highest BCUT2D eigenvalue weighted by atomic mass is 31.2. The van der Waals surface area contributed by atoms with Crippen LogP contribution in [-0.2, 0) is 0 Å². The number of hydrogen-bond acceptors (Lipinski definition) is 0. The van der Waals surface area contributed by atoms with Crippen LogP contribution in [0.4, 0.5) is 0 Å². The van der Waals surface area contributed by atoms with E-state index in [1.165, 1.54) is 31.8 Å². The van der Waals surface area contributed by atoms with Crippen molar-refractivity contribution in [3.8, 4) is 0 Å². The summed E-state index contributed by atoms with van der Waals surface area (Å²) >= 11 is 0. The van der Waals surface area contributed by atoms with Crippen LogP contribution in [0.5, 0.6) is 0 Å². The van der Waals surface area contributed by atoms with Crippen LogP contribution in [0, 0.1) is 0 Å². The molecular formula is C40H36P2+2. The SMILES string of the molecule is C(=C\C[P+](c1ccccc1)(c1ccccc1)c1ccccc1)/C[P+](c1ccccc1)(c1ccccc1)c1ccccc1. The topological polar surface area (TPSA) is 0 Å². The molecule has 0 aliphatic rings. The number of hydrogen-bond donors (Lipinski definition) is 0. The van der Waals surface area contributed by atoms with Gasteiger partial charge in [-0.25, -0.2) is 0 Å². The van der Waals surface area contributed by atoms with Gasteiger partial charge in [0, 0.05) is 0 Å². The number of rotatable bonds is 10. The quantitative estimate of drug-likeness (QED) is 0.116. The van der Waals surface area contributed by atoms with E-state index in [1.807, 2.05) is 0 Å². The fourth-order valence-electron chi connectivity index (χ4n) is 6.09. The van der Waals surface area contributed by atoms with Gasteiger partial charge in [0.25, 0.3) is 0 Å². The zero-order valence-corrected chi connectivity index (χ0v) is 25.6. The van der Waals surface area contributed by atoms with Gasteiger partial charge in [0.15, 0.2) is 0 Å². The largest absolute Gasteiger partial charge is 0.115 e. The van der Waals surface area contributed by atoms with Crippen LogP contribution in [0.25, 0.3) is 0 Å². The van der Waals surface area contributed by atoms with Crippen LogP contribution >= 0.6 is 14.5 Å². The van der Waals surface area contributed by atoms with Gasteiger partial charge >= 0.3 is 0 Å². The number of benzene rings is 6. The van der Waals surface area contributed by atoms with E-state index in [1.54, 1.807) is 0 Å². The van der Waals surface area contributed by atoms with Gasteiger partial charge in [0.05, 0.1) is 12.3 Å². The zero-order valence-electron chi connectivity index (χ0n) is 23.8. The van der Waals surface area contributed by atoms with Crippen molar-refractivity contribution in [2.45, 2.75) is 0 Å². The molecular weight excluding hydrogens is 542 g/mol. The molecule has 0 saturated carbocycles. The van der Waals surface area contributed by atoms with Gasteiger partial charge in [0.1, 0.15) is 46.4 Å². The molecule has 42 heavy (non-hydrogen) atoms. The first-order valence-corrected chi connectivity index (χ1v) is 18.5. The van der Waals surface area contributed by atoms with Crippen molar-refractivity contribution in [2.24, 2.45) is 0 Å². The van der Waals surface area contributed by atoms with Crippen molar-refractivity contribution in [1.82, 2.24) is 0 Å². The second kappa shape index (κ2) is 13.3. The van der Waals surface area contributed by atoms with E-state index in [0.717, 1.165) is 12.3 Å². The van der Waals surface area contributed by atoms with Crippen molar-refractivity contribution in [3.63, 3.8) is 0 Å². The van der Waals surface area contributed by atoms with E-state index in [0.29, 0.717) is 0 Å². The first kappa shape index (κ1) is 28.1. The molecule has 0 aliphatic carbocycles. The van der Waals surface area contributed by atoms with Crippen molar-refractivity contribution in [1.29, 1.82) is 0 Å². The van der Waals surface area contributed by atoms with E-state index in [9.17, 15) is 0 Å². The summed E-state index contributed by atoms with van der Waals surface area (Å²) in [5, 5.41) is 8.51. The summed E-state index contributed by atoms with van der Waals surface area (Å²) in [6, 6.07) is 67.0. The molecule has 0 aromatic heterocycles. The molecule has 2 heteroatoms. The standard InChI is InChI=1S/C40H36P2/c1-7-21-35(22-8-1)41(36-23-9-2-10-24-36,37-25-11-3-12-26-37)33-19-20-34-42(38-27-13-4-14-28-38,39-29-15-5-16-30-39)40-31-17-6-18-32-40/h1-32H,33-34H2/q+2/b20-19+. The zero-order chi connectivity index (χ0) is 28.5. The van der Waals surface area contributed by atoms with E-state index in [4.69, 9.17) is 0 Å². The molecule has 0 spiro atoms. The molecule has 0 aliphatic heterocycles. The lowest BCUT2D eigenvalue weighted by atomic mass is 10.4. The highest BCUT2D eigenvalue weighted by Gasteiger charge is 2.46. The third-order valence-electron chi connectivity index (χ3n) is 8.11. The van der Waals surface area contributed by atoms with E-state index >= 15 is 0 Å². The Balaban J connectivity index is 1.48. The molecule has 0 heterocycles. The van der Waals surface area contributed by atoms with Gasteiger partial charge in [-0.2, -0.15) is 0 Å². The van der Waals surface area contributed by atoms with Crippen LogP contribution in [-0.4, -0.2) is 12.3 Å². The summed E-state index contributed by atoms with van der Waals surface area (Å²) in [6.45, 7) is 0. The van der Waals surface area contributed by atoms with Gasteiger partial charge in [-0.05, 0) is 84.9 Å². The Morgan fingerprint density at radius 1 is 0.262 bits per heavy atom. The second-order valence-corrected chi connectivity index (χ2v) is 17.5. The maximum Gasteiger partial charge on any atom is 0.115 e. The Bertz CT molecular complexity index is 1360. The molecule has 6 rings (SSSR count). The molecule has 0 nitrogen and oxygen atoms in total. The maximum absolute atomic E-state index is 2.49. The van der Waals surface area contributed by atoms with Crippen molar-refractivity contribution >= 4 is 46.4 Å². The fraction of sp³-hybridized carbons (Fsp3) is 0.0500. The van der Waals surface area contributed by atoms with E-state index < -0.39 is 14.5 Å². The Kier molecular flexibility index (Phi) is 8.86. The van der Waals surface area contributed by atoms with Crippen LogP contribution in [0.3, 0.4) is 0 Å². The normalized spacial score (nSPS) is 11.9. The van der Waals surface area contributed by atoms with Gasteiger partial charge in [-0.1, -0.05) is 109 Å². The van der Waals surface area contributed by atoms with Crippen LogP contribution in [0.2, 0.25) is 0 Å². The predicted molar refractivity (Wildman–Crippen MR) is 189 cm³/mol. The Labute approximate surface area is 252 Å². The van der Waals surface area contributed by atoms with Gasteiger partial charge in [0.2, 0.25) is 0 Å². The molecule has 0 atom stereocenters. The van der Waals surface area contributed by atoms with Crippen molar-refractivity contribution < 1.29 is 0 Å². The molecule has 204 valence electrons. The summed E-state index contributed by atoms with van der Waals surface area (Å²) in [5.74, 6) is 0. The molecule has 0 saturated heterocycles. The summed E-state index contributed by atoms with van der Waals surface area (Å²) in [6.07, 6.45) is 6.93. The smallest absolute Gasteiger partial charge is 0.0620 e. The second-order valence-electron chi connectivity index (χ2n) is 10.5. The highest BCUT2D eigenvalue weighted by Crippen LogP contribution is 2.57. The maximum atomic E-state index is 2.49. The summed E-state index contributed by atoms with van der Waals surface area (Å²) in [5.41, 5.74) is 0. The first-order valence-electron chi connectivity index (χ1n) is 14.6. The molecule has 0 unspecified atom stereocenters. The summed E-state index contributed by atoms with van der Waals surface area (Å²) in [7, 11) is -3.85. The fourth-order valence-corrected chi connectivity index (χ4v) is 14.2. The van der Waals surface area contributed by atoms with Crippen molar-refractivity contribution in [3.05, 3.63) is 194 Å². The molecule has 0 bridgehead atoms. The summed E-state index contributed by atoms with van der Waals surface area (Å²) in [4.78, 5) is 0. The first-order chi connectivity index (χ1) is 20.8. The Morgan fingerprint density at radius 2 is 0.429 bits per heavy atom. The predicted octanol–water partition coefficient (Wildman–Crippen LogP) is 7.53. The average Bonchev–Trinajstić information content (AvgIpc) is 3.09. The minimum atomic E-state index is -1.93. The van der Waals surface area contributed by atoms with E-state index in [-0.39, 0.29) is 0 Å². The van der Waals surface area contributed by atoms with Crippen LogP contribution in [0.15, 0.2) is 194 Å². The van der Waals surface area contributed by atoms with E-state index in [2.05, 4.69) is 194 Å². The molecule has 0 radical (unpaired) electrons. The molecule has 0 amide bonds. The van der Waals surface area contributed by atoms with Crippen molar-refractivity contribution in [2.75, 3.05) is 12.3 Å². The third kappa shape index (κ3) is 5.54. The minimum Gasteiger partial charge on any atom is -0.0620 e. The average molecular weight is 579 g/mol. The van der Waals surface area contributed by atoms with Crippen LogP contribution < -0.4 is 31.8 Å². The van der Waals surface area contributed by atoms with Gasteiger partial charge in [-0.3, -0.25) is 0 Å². The Morgan fingerprint density at radius 3 is 0.595 bits per heavy atom. The Hall–Kier alpha value is -4.08. The lowest BCUT2D eigenvalue weighted by Crippen LogP contribution is -2.33. The summed E-state index contributed by atoms with van der Waals surface area (Å²) < 4.78 is 0.